The minimum atomic E-state index is -0.258. The van der Waals surface area contributed by atoms with E-state index in [9.17, 15) is 4.79 Å². The van der Waals surface area contributed by atoms with E-state index in [0.717, 1.165) is 36.9 Å². The largest absolute Gasteiger partial charge is 0.493 e. The SMILES string of the molecule is COc1cc(C(=O)C(C)N2CCN(c3ccccc3Cl)CC2)cc(OC)c1OC.Cl. The first-order chi connectivity index (χ1) is 14.0. The molecule has 6 nitrogen and oxygen atoms in total. The first kappa shape index (κ1) is 24.1. The summed E-state index contributed by atoms with van der Waals surface area (Å²) in [4.78, 5) is 17.6. The Kier molecular flexibility index (Phi) is 8.65. The van der Waals surface area contributed by atoms with Gasteiger partial charge in [0.2, 0.25) is 5.75 Å². The van der Waals surface area contributed by atoms with Crippen LogP contribution in [0.2, 0.25) is 5.02 Å². The Morgan fingerprint density at radius 2 is 1.53 bits per heavy atom. The van der Waals surface area contributed by atoms with Crippen molar-refractivity contribution >= 4 is 35.5 Å². The van der Waals surface area contributed by atoms with Crippen LogP contribution in [0.15, 0.2) is 36.4 Å². The van der Waals surface area contributed by atoms with Crippen LogP contribution in [-0.4, -0.2) is 64.2 Å². The van der Waals surface area contributed by atoms with Crippen LogP contribution in [0.5, 0.6) is 17.2 Å². The van der Waals surface area contributed by atoms with Crippen molar-refractivity contribution in [1.29, 1.82) is 0 Å². The monoisotopic (exact) mass is 454 g/mol. The Morgan fingerprint density at radius 1 is 0.967 bits per heavy atom. The number of benzene rings is 2. The molecule has 2 aromatic carbocycles. The molecule has 0 aromatic heterocycles. The fourth-order valence-electron chi connectivity index (χ4n) is 3.69. The molecule has 164 valence electrons. The van der Waals surface area contributed by atoms with Crippen molar-refractivity contribution in [1.82, 2.24) is 4.90 Å². The summed E-state index contributed by atoms with van der Waals surface area (Å²) in [6.45, 7) is 5.13. The van der Waals surface area contributed by atoms with Gasteiger partial charge in [-0.15, -0.1) is 12.4 Å². The number of hydrogen-bond donors (Lipinski definition) is 0. The zero-order chi connectivity index (χ0) is 21.0. The number of halogens is 2. The van der Waals surface area contributed by atoms with Gasteiger partial charge in [-0.25, -0.2) is 0 Å². The molecular weight excluding hydrogens is 427 g/mol. The van der Waals surface area contributed by atoms with E-state index >= 15 is 0 Å². The van der Waals surface area contributed by atoms with Crippen LogP contribution < -0.4 is 19.1 Å². The first-order valence-electron chi connectivity index (χ1n) is 9.58. The van der Waals surface area contributed by atoms with Gasteiger partial charge in [-0.2, -0.15) is 0 Å². The van der Waals surface area contributed by atoms with Crippen LogP contribution in [0.4, 0.5) is 5.69 Å². The van der Waals surface area contributed by atoms with Crippen LogP contribution in [-0.2, 0) is 0 Å². The third-order valence-electron chi connectivity index (χ3n) is 5.38. The Hall–Kier alpha value is -2.15. The van der Waals surface area contributed by atoms with E-state index in [4.69, 9.17) is 25.8 Å². The fourth-order valence-corrected chi connectivity index (χ4v) is 3.94. The van der Waals surface area contributed by atoms with Gasteiger partial charge in [0.25, 0.3) is 0 Å². The molecule has 2 aromatic rings. The molecule has 1 fully saturated rings. The van der Waals surface area contributed by atoms with Gasteiger partial charge in [-0.1, -0.05) is 23.7 Å². The minimum Gasteiger partial charge on any atom is -0.493 e. The normalized spacial score (nSPS) is 15.2. The number of rotatable bonds is 7. The van der Waals surface area contributed by atoms with E-state index < -0.39 is 0 Å². The molecule has 0 aliphatic carbocycles. The van der Waals surface area contributed by atoms with Crippen LogP contribution in [0.1, 0.15) is 17.3 Å². The molecule has 0 spiro atoms. The van der Waals surface area contributed by atoms with E-state index in [-0.39, 0.29) is 24.2 Å². The van der Waals surface area contributed by atoms with Gasteiger partial charge < -0.3 is 19.1 Å². The number of ether oxygens (including phenoxy) is 3. The summed E-state index contributed by atoms with van der Waals surface area (Å²) in [6, 6.07) is 11.0. The predicted molar refractivity (Wildman–Crippen MR) is 122 cm³/mol. The number of carbonyl (C=O) groups is 1. The number of para-hydroxylation sites is 1. The Morgan fingerprint density at radius 3 is 2.03 bits per heavy atom. The van der Waals surface area contributed by atoms with Crippen molar-refractivity contribution in [2.75, 3.05) is 52.4 Å². The van der Waals surface area contributed by atoms with E-state index in [1.54, 1.807) is 33.5 Å². The second-order valence-corrected chi connectivity index (χ2v) is 7.34. The standard InChI is InChI=1S/C22H27ClN2O4.ClH/c1-15(21(26)16-13-19(27-2)22(29-4)20(14-16)28-3)24-9-11-25(12-10-24)18-8-6-5-7-17(18)23;/h5-8,13-15H,9-12H2,1-4H3;1H. The third-order valence-corrected chi connectivity index (χ3v) is 5.70. The van der Waals surface area contributed by atoms with Gasteiger partial charge in [0.05, 0.1) is 38.1 Å². The molecule has 0 saturated carbocycles. The molecule has 0 amide bonds. The molecule has 0 bridgehead atoms. The number of methoxy groups -OCH3 is 3. The number of nitrogens with zero attached hydrogens (tertiary/aromatic N) is 2. The summed E-state index contributed by atoms with van der Waals surface area (Å²) in [6.07, 6.45) is 0. The second kappa shape index (κ2) is 10.8. The minimum absolute atomic E-state index is 0. The molecule has 1 aliphatic heterocycles. The van der Waals surface area contributed by atoms with Gasteiger partial charge in [0, 0.05) is 31.7 Å². The van der Waals surface area contributed by atoms with E-state index in [2.05, 4.69) is 9.80 Å². The maximum atomic E-state index is 13.2. The van der Waals surface area contributed by atoms with Crippen molar-refractivity contribution in [3.05, 3.63) is 47.0 Å². The quantitative estimate of drug-likeness (QED) is 0.584. The van der Waals surface area contributed by atoms with Gasteiger partial charge in [0.1, 0.15) is 0 Å². The van der Waals surface area contributed by atoms with E-state index in [1.807, 2.05) is 31.2 Å². The summed E-state index contributed by atoms with van der Waals surface area (Å²) in [7, 11) is 4.63. The summed E-state index contributed by atoms with van der Waals surface area (Å²) in [5.41, 5.74) is 1.58. The van der Waals surface area contributed by atoms with Crippen LogP contribution in [0, 0.1) is 0 Å². The molecule has 30 heavy (non-hydrogen) atoms. The zero-order valence-corrected chi connectivity index (χ0v) is 19.3. The fraction of sp³-hybridized carbons (Fsp3) is 0.409. The van der Waals surface area contributed by atoms with Crippen molar-refractivity contribution < 1.29 is 19.0 Å². The van der Waals surface area contributed by atoms with Crippen molar-refractivity contribution in [3.63, 3.8) is 0 Å². The number of carbonyl (C=O) groups excluding carboxylic acids is 1. The highest BCUT2D eigenvalue weighted by atomic mass is 35.5. The number of piperazine rings is 1. The Bertz CT molecular complexity index is 845. The molecule has 0 radical (unpaired) electrons. The summed E-state index contributed by atoms with van der Waals surface area (Å²) in [5, 5.41) is 0.752. The van der Waals surface area contributed by atoms with E-state index in [1.165, 1.54) is 0 Å². The lowest BCUT2D eigenvalue weighted by Gasteiger charge is -2.39. The highest BCUT2D eigenvalue weighted by Gasteiger charge is 2.28. The highest BCUT2D eigenvalue weighted by Crippen LogP contribution is 2.38. The van der Waals surface area contributed by atoms with Crippen LogP contribution in [0.25, 0.3) is 0 Å². The predicted octanol–water partition coefficient (Wildman–Crippen LogP) is 4.18. The number of anilines is 1. The lowest BCUT2D eigenvalue weighted by molar-refractivity contribution is 0.0829. The molecule has 1 unspecified atom stereocenters. The molecule has 0 N–H and O–H groups in total. The molecular formula is C22H28Cl2N2O4. The Balaban J connectivity index is 0.00000320. The summed E-state index contributed by atoms with van der Waals surface area (Å²) >= 11 is 6.33. The molecule has 8 heteroatoms. The molecule has 1 saturated heterocycles. The first-order valence-corrected chi connectivity index (χ1v) is 9.95. The number of hydrogen-bond acceptors (Lipinski definition) is 6. The van der Waals surface area contributed by atoms with Gasteiger partial charge >= 0.3 is 0 Å². The second-order valence-electron chi connectivity index (χ2n) is 6.93. The molecule has 1 heterocycles. The lowest BCUT2D eigenvalue weighted by Crippen LogP contribution is -2.51. The van der Waals surface area contributed by atoms with Crippen LogP contribution in [0.3, 0.4) is 0 Å². The zero-order valence-electron chi connectivity index (χ0n) is 17.7. The van der Waals surface area contributed by atoms with Crippen molar-refractivity contribution in [2.45, 2.75) is 13.0 Å². The van der Waals surface area contributed by atoms with Gasteiger partial charge in [0.15, 0.2) is 17.3 Å². The smallest absolute Gasteiger partial charge is 0.203 e. The molecule has 1 aliphatic rings. The van der Waals surface area contributed by atoms with Gasteiger partial charge in [-0.05, 0) is 31.2 Å². The number of ketones is 1. The summed E-state index contributed by atoms with van der Waals surface area (Å²) in [5.74, 6) is 1.46. The third kappa shape index (κ3) is 4.94. The van der Waals surface area contributed by atoms with Crippen molar-refractivity contribution in [3.8, 4) is 17.2 Å². The maximum absolute atomic E-state index is 13.2. The average Bonchev–Trinajstić information content (AvgIpc) is 2.77. The van der Waals surface area contributed by atoms with Crippen LogP contribution >= 0.6 is 24.0 Å². The van der Waals surface area contributed by atoms with E-state index in [0.29, 0.717) is 22.8 Å². The Labute approximate surface area is 189 Å². The summed E-state index contributed by atoms with van der Waals surface area (Å²) < 4.78 is 16.1. The lowest BCUT2D eigenvalue weighted by atomic mass is 10.0. The number of Topliss-reactive ketones (excluding diaryl/α,β-unsaturated/α-hetero) is 1. The molecule has 3 rings (SSSR count). The average molecular weight is 455 g/mol. The van der Waals surface area contributed by atoms with Gasteiger partial charge in [-0.3, -0.25) is 9.69 Å². The van der Waals surface area contributed by atoms with Crippen molar-refractivity contribution in [2.24, 2.45) is 0 Å². The maximum Gasteiger partial charge on any atom is 0.203 e. The molecule has 1 atom stereocenters. The topological polar surface area (TPSA) is 51.2 Å². The highest BCUT2D eigenvalue weighted by molar-refractivity contribution is 6.33.